The summed E-state index contributed by atoms with van der Waals surface area (Å²) in [5.74, 6) is 0. The van der Waals surface area contributed by atoms with E-state index in [4.69, 9.17) is 23.2 Å². The maximum Gasteiger partial charge on any atom is 0.0659 e. The molecule has 2 aromatic carbocycles. The molecule has 0 aliphatic carbocycles. The summed E-state index contributed by atoms with van der Waals surface area (Å²) in [6.07, 6.45) is 1.05. The molecule has 1 atom stereocenters. The van der Waals surface area contributed by atoms with E-state index in [9.17, 15) is 0 Å². The fourth-order valence-corrected chi connectivity index (χ4v) is 3.16. The number of hydrogen-bond acceptors (Lipinski definition) is 0. The number of rotatable bonds is 3. The average Bonchev–Trinajstić information content (AvgIpc) is 2.38. The van der Waals surface area contributed by atoms with E-state index in [2.05, 4.69) is 47.1 Å². The maximum atomic E-state index is 6.22. The number of halogens is 3. The first-order valence-electron chi connectivity index (χ1n) is 5.79. The molecule has 0 amide bonds. The quantitative estimate of drug-likeness (QED) is 0.596. The third-order valence-corrected chi connectivity index (χ3v) is 4.50. The van der Waals surface area contributed by atoms with Gasteiger partial charge in [0.2, 0.25) is 0 Å². The van der Waals surface area contributed by atoms with Crippen molar-refractivity contribution in [1.82, 2.24) is 0 Å². The minimum Gasteiger partial charge on any atom is -0.0843 e. The fourth-order valence-electron chi connectivity index (χ4n) is 1.81. The molecule has 0 saturated heterocycles. The second-order valence-corrected chi connectivity index (χ2v) is 5.88. The Labute approximate surface area is 126 Å². The average molecular weight is 344 g/mol. The van der Waals surface area contributed by atoms with Gasteiger partial charge in [-0.25, -0.2) is 0 Å². The van der Waals surface area contributed by atoms with Crippen molar-refractivity contribution in [3.05, 3.63) is 69.2 Å². The van der Waals surface area contributed by atoms with Gasteiger partial charge in [0.25, 0.3) is 0 Å². The van der Waals surface area contributed by atoms with Gasteiger partial charge in [0.1, 0.15) is 0 Å². The number of alkyl halides is 1. The molecule has 0 heterocycles. The molecule has 3 heteroatoms. The molecule has 0 N–H and O–H groups in total. The molecule has 2 aromatic rings. The Morgan fingerprint density at radius 1 is 1.06 bits per heavy atom. The van der Waals surface area contributed by atoms with Crippen molar-refractivity contribution in [1.29, 1.82) is 0 Å². The summed E-state index contributed by atoms with van der Waals surface area (Å²) in [5.41, 5.74) is 3.56. The molecule has 1 unspecified atom stereocenters. The molecule has 0 spiro atoms. The first-order valence-corrected chi connectivity index (χ1v) is 7.47. The van der Waals surface area contributed by atoms with Crippen LogP contribution in [0.5, 0.6) is 0 Å². The number of aryl methyl sites for hydroxylation is 1. The zero-order chi connectivity index (χ0) is 13.1. The highest BCUT2D eigenvalue weighted by Gasteiger charge is 2.13. The van der Waals surface area contributed by atoms with Gasteiger partial charge >= 0.3 is 0 Å². The lowest BCUT2D eigenvalue weighted by molar-refractivity contribution is 1.11. The Morgan fingerprint density at radius 3 is 2.28 bits per heavy atom. The van der Waals surface area contributed by atoms with Gasteiger partial charge in [-0.3, -0.25) is 0 Å². The van der Waals surface area contributed by atoms with E-state index >= 15 is 0 Å². The Kier molecular flexibility index (Phi) is 4.71. The van der Waals surface area contributed by atoms with E-state index in [0.717, 1.165) is 12.0 Å². The molecule has 18 heavy (non-hydrogen) atoms. The van der Waals surface area contributed by atoms with Crippen molar-refractivity contribution >= 4 is 39.1 Å². The smallest absolute Gasteiger partial charge is 0.0659 e. The topological polar surface area (TPSA) is 0 Å². The lowest BCUT2D eigenvalue weighted by atomic mass is 10.0. The van der Waals surface area contributed by atoms with Crippen LogP contribution in [0.25, 0.3) is 0 Å². The fraction of sp³-hybridized carbons (Fsp3) is 0.200. The van der Waals surface area contributed by atoms with Crippen LogP contribution in [0.3, 0.4) is 0 Å². The van der Waals surface area contributed by atoms with E-state index in [-0.39, 0.29) is 4.83 Å². The van der Waals surface area contributed by atoms with Crippen LogP contribution in [-0.2, 0) is 6.42 Å². The van der Waals surface area contributed by atoms with Crippen molar-refractivity contribution in [2.24, 2.45) is 0 Å². The second kappa shape index (κ2) is 6.10. The van der Waals surface area contributed by atoms with E-state index in [1.165, 1.54) is 11.1 Å². The van der Waals surface area contributed by atoms with Crippen LogP contribution in [0.2, 0.25) is 10.0 Å². The summed E-state index contributed by atoms with van der Waals surface area (Å²) in [6, 6.07) is 14.1. The van der Waals surface area contributed by atoms with Crippen LogP contribution >= 0.6 is 39.1 Å². The largest absolute Gasteiger partial charge is 0.0843 e. The Balaban J connectivity index is 2.31. The van der Waals surface area contributed by atoms with Crippen LogP contribution in [-0.4, -0.2) is 0 Å². The Morgan fingerprint density at radius 2 is 1.72 bits per heavy atom. The van der Waals surface area contributed by atoms with Crippen LogP contribution in [0.15, 0.2) is 42.5 Å². The van der Waals surface area contributed by atoms with Gasteiger partial charge in [-0.1, -0.05) is 76.4 Å². The summed E-state index contributed by atoms with van der Waals surface area (Å²) < 4.78 is 0. The number of hydrogen-bond donors (Lipinski definition) is 0. The van der Waals surface area contributed by atoms with Gasteiger partial charge in [-0.2, -0.15) is 0 Å². The maximum absolute atomic E-state index is 6.22. The lowest BCUT2D eigenvalue weighted by Crippen LogP contribution is -1.94. The van der Waals surface area contributed by atoms with Crippen molar-refractivity contribution < 1.29 is 0 Å². The molecule has 0 aliphatic rings. The highest BCUT2D eigenvalue weighted by atomic mass is 79.9. The minimum absolute atomic E-state index is 0.0909. The van der Waals surface area contributed by atoms with Crippen molar-refractivity contribution in [3.63, 3.8) is 0 Å². The van der Waals surface area contributed by atoms with E-state index in [0.29, 0.717) is 10.0 Å². The van der Waals surface area contributed by atoms with Gasteiger partial charge in [-0.15, -0.1) is 0 Å². The molecule has 0 aromatic heterocycles. The zero-order valence-corrected chi connectivity index (χ0v) is 13.1. The van der Waals surface area contributed by atoms with E-state index < -0.39 is 0 Å². The molecule has 0 radical (unpaired) electrons. The highest BCUT2D eigenvalue weighted by molar-refractivity contribution is 9.09. The lowest BCUT2D eigenvalue weighted by Gasteiger charge is -2.13. The van der Waals surface area contributed by atoms with E-state index in [1.54, 1.807) is 6.07 Å². The molecule has 0 nitrogen and oxygen atoms in total. The summed E-state index contributed by atoms with van der Waals surface area (Å²) in [7, 11) is 0. The molecule has 0 fully saturated rings. The van der Waals surface area contributed by atoms with Crippen LogP contribution in [0.1, 0.15) is 28.4 Å². The Hall–Kier alpha value is -0.500. The molecular weight excluding hydrogens is 331 g/mol. The van der Waals surface area contributed by atoms with E-state index in [1.807, 2.05) is 12.1 Å². The minimum atomic E-state index is 0.0909. The van der Waals surface area contributed by atoms with Crippen LogP contribution < -0.4 is 0 Å². The third kappa shape index (κ3) is 3.09. The SMILES string of the molecule is CCc1ccc(C(Br)c2ccc(Cl)cc2Cl)cc1. The molecule has 0 aliphatic heterocycles. The normalized spacial score (nSPS) is 12.4. The Bertz CT molecular complexity index is 535. The predicted octanol–water partition coefficient (Wildman–Crippen LogP) is 6.04. The van der Waals surface area contributed by atoms with Crippen LogP contribution in [0, 0.1) is 0 Å². The van der Waals surface area contributed by atoms with Crippen molar-refractivity contribution in [2.75, 3.05) is 0 Å². The predicted molar refractivity (Wildman–Crippen MR) is 83.1 cm³/mol. The van der Waals surface area contributed by atoms with Crippen LogP contribution in [0.4, 0.5) is 0 Å². The third-order valence-electron chi connectivity index (χ3n) is 2.92. The van der Waals surface area contributed by atoms with Gasteiger partial charge in [0.15, 0.2) is 0 Å². The molecule has 0 saturated carbocycles. The number of benzene rings is 2. The zero-order valence-electron chi connectivity index (χ0n) is 9.96. The summed E-state index contributed by atoms with van der Waals surface area (Å²) in [4.78, 5) is 0.0909. The standard InChI is InChI=1S/C15H13BrCl2/c1-2-10-3-5-11(6-4-10)15(16)13-8-7-12(17)9-14(13)18/h3-9,15H,2H2,1H3. The summed E-state index contributed by atoms with van der Waals surface area (Å²) >= 11 is 15.8. The first kappa shape index (κ1) is 13.9. The van der Waals surface area contributed by atoms with Gasteiger partial charge in [0.05, 0.1) is 4.83 Å². The van der Waals surface area contributed by atoms with Crippen molar-refractivity contribution in [2.45, 2.75) is 18.2 Å². The first-order chi connectivity index (χ1) is 8.61. The molecule has 2 rings (SSSR count). The van der Waals surface area contributed by atoms with Gasteiger partial charge in [0, 0.05) is 10.0 Å². The second-order valence-electron chi connectivity index (χ2n) is 4.12. The van der Waals surface area contributed by atoms with Gasteiger partial charge in [-0.05, 0) is 35.2 Å². The highest BCUT2D eigenvalue weighted by Crippen LogP contribution is 2.36. The summed E-state index contributed by atoms with van der Waals surface area (Å²) in [5, 5.41) is 1.34. The monoisotopic (exact) mass is 342 g/mol. The molecule has 94 valence electrons. The van der Waals surface area contributed by atoms with Gasteiger partial charge < -0.3 is 0 Å². The molecular formula is C15H13BrCl2. The molecule has 0 bridgehead atoms. The summed E-state index contributed by atoms with van der Waals surface area (Å²) in [6.45, 7) is 2.15. The van der Waals surface area contributed by atoms with Crippen molar-refractivity contribution in [3.8, 4) is 0 Å².